The largest absolute Gasteiger partial charge is 0.480 e. The van der Waals surface area contributed by atoms with Crippen molar-refractivity contribution in [1.29, 1.82) is 0 Å². The Balaban J connectivity index is 2.04. The van der Waals surface area contributed by atoms with Gasteiger partial charge in [-0.3, -0.25) is 19.3 Å². The van der Waals surface area contributed by atoms with Crippen molar-refractivity contribution in [3.63, 3.8) is 0 Å². The monoisotopic (exact) mass is 381 g/mol. The lowest BCUT2D eigenvalue weighted by Crippen LogP contribution is -2.34. The molecule has 1 saturated heterocycles. The zero-order chi connectivity index (χ0) is 19.4. The molecule has 6 nitrogen and oxygen atoms in total. The Morgan fingerprint density at radius 2 is 2.04 bits per heavy atom. The number of esters is 1. The smallest absolute Gasteiger partial charge is 0.325 e. The SMILES string of the molecule is C#CCOc1ccc2ccccc2c1C=C1SC(=O)N(CC(=O)OC)C1=O. The molecule has 0 atom stereocenters. The van der Waals surface area contributed by atoms with Gasteiger partial charge < -0.3 is 9.47 Å². The fraction of sp³-hybridized carbons (Fsp3) is 0.150. The number of hydrogen-bond acceptors (Lipinski definition) is 6. The van der Waals surface area contributed by atoms with E-state index in [1.807, 2.05) is 30.3 Å². The lowest BCUT2D eigenvalue weighted by molar-refractivity contribution is -0.143. The molecule has 1 aliphatic heterocycles. The fourth-order valence-corrected chi connectivity index (χ4v) is 3.45. The van der Waals surface area contributed by atoms with Crippen LogP contribution < -0.4 is 4.74 Å². The molecule has 0 saturated carbocycles. The van der Waals surface area contributed by atoms with E-state index >= 15 is 0 Å². The highest BCUT2D eigenvalue weighted by Gasteiger charge is 2.36. The van der Waals surface area contributed by atoms with Crippen LogP contribution in [0.15, 0.2) is 41.3 Å². The van der Waals surface area contributed by atoms with Crippen LogP contribution in [-0.4, -0.2) is 42.3 Å². The van der Waals surface area contributed by atoms with Crippen molar-refractivity contribution in [3.05, 3.63) is 46.9 Å². The molecule has 1 heterocycles. The van der Waals surface area contributed by atoms with Gasteiger partial charge >= 0.3 is 5.97 Å². The number of carbonyl (C=O) groups is 3. The van der Waals surface area contributed by atoms with Gasteiger partial charge in [0.1, 0.15) is 18.9 Å². The molecule has 3 rings (SSSR count). The number of thioether (sulfide) groups is 1. The van der Waals surface area contributed by atoms with Gasteiger partial charge in [0.05, 0.1) is 12.0 Å². The van der Waals surface area contributed by atoms with Gasteiger partial charge in [-0.25, -0.2) is 0 Å². The van der Waals surface area contributed by atoms with Crippen LogP contribution in [0, 0.1) is 12.3 Å². The second-order valence-electron chi connectivity index (χ2n) is 5.54. The third-order valence-corrected chi connectivity index (χ3v) is 4.81. The first-order valence-electron chi connectivity index (χ1n) is 7.95. The number of carbonyl (C=O) groups excluding carboxylic acids is 3. The molecule has 0 bridgehead atoms. The van der Waals surface area contributed by atoms with Crippen LogP contribution in [0.2, 0.25) is 0 Å². The van der Waals surface area contributed by atoms with E-state index in [2.05, 4.69) is 10.7 Å². The van der Waals surface area contributed by atoms with Crippen molar-refractivity contribution in [2.24, 2.45) is 0 Å². The molecule has 2 aromatic carbocycles. The first-order valence-corrected chi connectivity index (χ1v) is 8.77. The zero-order valence-corrected chi connectivity index (χ0v) is 15.2. The van der Waals surface area contributed by atoms with Gasteiger partial charge in [-0.05, 0) is 34.7 Å². The maximum atomic E-state index is 12.6. The fourth-order valence-electron chi connectivity index (χ4n) is 2.63. The summed E-state index contributed by atoms with van der Waals surface area (Å²) in [7, 11) is 1.20. The van der Waals surface area contributed by atoms with Crippen molar-refractivity contribution in [2.75, 3.05) is 20.3 Å². The van der Waals surface area contributed by atoms with Gasteiger partial charge in [0.25, 0.3) is 11.1 Å². The van der Waals surface area contributed by atoms with Gasteiger partial charge in [-0.15, -0.1) is 6.42 Å². The number of imide groups is 1. The Kier molecular flexibility index (Phi) is 5.48. The van der Waals surface area contributed by atoms with Gasteiger partial charge in [0.15, 0.2) is 0 Å². The summed E-state index contributed by atoms with van der Waals surface area (Å²) < 4.78 is 10.1. The number of benzene rings is 2. The Morgan fingerprint density at radius 1 is 1.26 bits per heavy atom. The van der Waals surface area contributed by atoms with Crippen molar-refractivity contribution in [3.8, 4) is 18.1 Å². The van der Waals surface area contributed by atoms with Crippen LogP contribution in [0.3, 0.4) is 0 Å². The molecule has 0 aliphatic carbocycles. The van der Waals surface area contributed by atoms with E-state index in [0.29, 0.717) is 11.3 Å². The molecule has 0 N–H and O–H groups in total. The maximum absolute atomic E-state index is 12.6. The summed E-state index contributed by atoms with van der Waals surface area (Å²) in [6.07, 6.45) is 6.87. The lowest BCUT2D eigenvalue weighted by Gasteiger charge is -2.11. The summed E-state index contributed by atoms with van der Waals surface area (Å²) in [5, 5.41) is 1.28. The van der Waals surface area contributed by atoms with E-state index in [1.165, 1.54) is 7.11 Å². The summed E-state index contributed by atoms with van der Waals surface area (Å²) >= 11 is 0.765. The Morgan fingerprint density at radius 3 is 2.78 bits per heavy atom. The number of ether oxygens (including phenoxy) is 2. The van der Waals surface area contributed by atoms with Crippen molar-refractivity contribution in [1.82, 2.24) is 4.90 Å². The molecule has 7 heteroatoms. The van der Waals surface area contributed by atoms with E-state index < -0.39 is 23.7 Å². The van der Waals surface area contributed by atoms with E-state index in [4.69, 9.17) is 11.2 Å². The Labute approximate surface area is 160 Å². The number of nitrogens with zero attached hydrogens (tertiary/aromatic N) is 1. The van der Waals surface area contributed by atoms with Crippen molar-refractivity contribution in [2.45, 2.75) is 0 Å². The van der Waals surface area contributed by atoms with Crippen LogP contribution in [0.1, 0.15) is 5.56 Å². The predicted molar refractivity (Wildman–Crippen MR) is 103 cm³/mol. The molecule has 1 aliphatic rings. The summed E-state index contributed by atoms with van der Waals surface area (Å²) in [5.74, 6) is 1.70. The highest BCUT2D eigenvalue weighted by molar-refractivity contribution is 8.18. The molecule has 1 fully saturated rings. The van der Waals surface area contributed by atoms with Crippen LogP contribution in [0.25, 0.3) is 16.8 Å². The molecular formula is C20H15NO5S. The molecule has 0 spiro atoms. The third-order valence-electron chi connectivity index (χ3n) is 3.91. The number of rotatable bonds is 5. The molecule has 27 heavy (non-hydrogen) atoms. The first-order chi connectivity index (χ1) is 13.0. The quantitative estimate of drug-likeness (QED) is 0.450. The number of hydrogen-bond donors (Lipinski definition) is 0. The minimum Gasteiger partial charge on any atom is -0.480 e. The second-order valence-corrected chi connectivity index (χ2v) is 6.53. The standard InChI is InChI=1S/C20H15NO5S/c1-3-10-26-16-9-8-13-6-4-5-7-14(13)15(16)11-17-19(23)21(20(24)27-17)12-18(22)25-2/h1,4-9,11H,10,12H2,2H3. The second kappa shape index (κ2) is 7.98. The van der Waals surface area contributed by atoms with Crippen LogP contribution in [0.5, 0.6) is 5.75 Å². The molecular weight excluding hydrogens is 366 g/mol. The number of fused-ring (bicyclic) bond motifs is 1. The van der Waals surface area contributed by atoms with Crippen LogP contribution in [-0.2, 0) is 14.3 Å². The summed E-state index contributed by atoms with van der Waals surface area (Å²) in [4.78, 5) is 37.2. The predicted octanol–water partition coefficient (Wildman–Crippen LogP) is 3.06. The van der Waals surface area contributed by atoms with E-state index in [0.717, 1.165) is 27.4 Å². The summed E-state index contributed by atoms with van der Waals surface area (Å²) in [6, 6.07) is 11.3. The average molecular weight is 381 g/mol. The van der Waals surface area contributed by atoms with Gasteiger partial charge in [0.2, 0.25) is 0 Å². The van der Waals surface area contributed by atoms with E-state index in [-0.39, 0.29) is 11.5 Å². The van der Waals surface area contributed by atoms with Crippen molar-refractivity contribution >= 4 is 45.7 Å². The van der Waals surface area contributed by atoms with Gasteiger partial charge in [0, 0.05) is 5.56 Å². The number of methoxy groups -OCH3 is 1. The lowest BCUT2D eigenvalue weighted by atomic mass is 10.0. The summed E-state index contributed by atoms with van der Waals surface area (Å²) in [6.45, 7) is -0.350. The van der Waals surface area contributed by atoms with Crippen LogP contribution in [0.4, 0.5) is 4.79 Å². The highest BCUT2D eigenvalue weighted by Crippen LogP contribution is 2.36. The van der Waals surface area contributed by atoms with Crippen LogP contribution >= 0.6 is 11.8 Å². The topological polar surface area (TPSA) is 72.9 Å². The number of amides is 2. The molecule has 0 radical (unpaired) electrons. The van der Waals surface area contributed by atoms with Crippen molar-refractivity contribution < 1.29 is 23.9 Å². The average Bonchev–Trinajstić information content (AvgIpc) is 2.94. The normalized spacial score (nSPS) is 15.3. The Bertz CT molecular complexity index is 1010. The minimum absolute atomic E-state index is 0.0724. The third kappa shape index (κ3) is 3.81. The summed E-state index contributed by atoms with van der Waals surface area (Å²) in [5.41, 5.74) is 0.645. The first kappa shape index (κ1) is 18.5. The van der Waals surface area contributed by atoms with Gasteiger partial charge in [-0.2, -0.15) is 0 Å². The van der Waals surface area contributed by atoms with E-state index in [9.17, 15) is 14.4 Å². The van der Waals surface area contributed by atoms with Gasteiger partial charge in [-0.1, -0.05) is 36.3 Å². The zero-order valence-electron chi connectivity index (χ0n) is 14.4. The highest BCUT2D eigenvalue weighted by atomic mass is 32.2. The minimum atomic E-state index is -0.665. The Hall–Kier alpha value is -3.24. The molecule has 2 aromatic rings. The van der Waals surface area contributed by atoms with E-state index in [1.54, 1.807) is 12.1 Å². The molecule has 0 aromatic heterocycles. The molecule has 2 amide bonds. The molecule has 136 valence electrons. The number of terminal acetylenes is 1. The molecule has 0 unspecified atom stereocenters. The maximum Gasteiger partial charge on any atom is 0.325 e.